The summed E-state index contributed by atoms with van der Waals surface area (Å²) in [6, 6.07) is 4.62. The van der Waals surface area contributed by atoms with E-state index >= 15 is 0 Å². The van der Waals surface area contributed by atoms with E-state index in [9.17, 15) is 8.42 Å². The van der Waals surface area contributed by atoms with Gasteiger partial charge in [0.05, 0.1) is 17.0 Å². The van der Waals surface area contributed by atoms with Crippen molar-refractivity contribution in [3.05, 3.63) is 23.8 Å². The molecule has 0 spiro atoms. The molecule has 5 nitrogen and oxygen atoms in total. The van der Waals surface area contributed by atoms with Crippen LogP contribution < -0.4 is 10.5 Å². The zero-order chi connectivity index (χ0) is 13.3. The van der Waals surface area contributed by atoms with E-state index in [0.29, 0.717) is 5.69 Å². The lowest BCUT2D eigenvalue weighted by Gasteiger charge is -2.23. The van der Waals surface area contributed by atoms with Crippen molar-refractivity contribution in [2.24, 2.45) is 0 Å². The van der Waals surface area contributed by atoms with Crippen LogP contribution in [-0.2, 0) is 10.0 Å². The Hall–Kier alpha value is -1.11. The Morgan fingerprint density at radius 1 is 1.35 bits per heavy atom. The number of hydrogen-bond acceptors (Lipinski definition) is 4. The largest absolute Gasteiger partial charge is 0.399 e. The molecule has 1 rings (SSSR count). The maximum Gasteiger partial charge on any atom is 0.241 e. The number of nitrogens with two attached hydrogens (primary N) is 1. The molecule has 6 heteroatoms. The van der Waals surface area contributed by atoms with E-state index in [1.165, 1.54) is 12.1 Å². The monoisotopic (exact) mass is 258 g/mol. The van der Waals surface area contributed by atoms with Crippen molar-refractivity contribution < 1.29 is 13.5 Å². The third-order valence-corrected chi connectivity index (χ3v) is 3.87. The molecular weight excluding hydrogens is 240 g/mol. The highest BCUT2D eigenvalue weighted by molar-refractivity contribution is 7.89. The minimum Gasteiger partial charge on any atom is -0.399 e. The van der Waals surface area contributed by atoms with Gasteiger partial charge in [-0.25, -0.2) is 13.1 Å². The standard InChI is InChI=1S/C11H18N2O3S/c1-8-4-9(12)6-10(5-8)17(15,16)13-11(2,3)7-14/h4-6,13-14H,7,12H2,1-3H3. The summed E-state index contributed by atoms with van der Waals surface area (Å²) in [6.07, 6.45) is 0. The summed E-state index contributed by atoms with van der Waals surface area (Å²) in [6.45, 7) is 4.69. The molecule has 17 heavy (non-hydrogen) atoms. The number of benzene rings is 1. The summed E-state index contributed by atoms with van der Waals surface area (Å²) in [5.41, 5.74) is 5.87. The Morgan fingerprint density at radius 3 is 2.41 bits per heavy atom. The lowest BCUT2D eigenvalue weighted by molar-refractivity contribution is 0.208. The molecule has 0 unspecified atom stereocenters. The van der Waals surface area contributed by atoms with Gasteiger partial charge in [0.15, 0.2) is 0 Å². The first-order valence-corrected chi connectivity index (χ1v) is 6.67. The fraction of sp³-hybridized carbons (Fsp3) is 0.455. The van der Waals surface area contributed by atoms with Crippen molar-refractivity contribution in [2.45, 2.75) is 31.2 Å². The fourth-order valence-electron chi connectivity index (χ4n) is 1.39. The van der Waals surface area contributed by atoms with Crippen LogP contribution in [-0.4, -0.2) is 25.7 Å². The number of aliphatic hydroxyl groups is 1. The molecule has 1 aromatic rings. The summed E-state index contributed by atoms with van der Waals surface area (Å²) < 4.78 is 26.5. The second-order valence-corrected chi connectivity index (χ2v) is 6.41. The van der Waals surface area contributed by atoms with Gasteiger partial charge in [-0.1, -0.05) is 0 Å². The third kappa shape index (κ3) is 3.69. The Balaban J connectivity index is 3.14. The van der Waals surface area contributed by atoms with Gasteiger partial charge in [0.2, 0.25) is 10.0 Å². The average Bonchev–Trinajstić information content (AvgIpc) is 2.14. The van der Waals surface area contributed by atoms with Crippen molar-refractivity contribution in [2.75, 3.05) is 12.3 Å². The lowest BCUT2D eigenvalue weighted by atomic mass is 10.1. The molecular formula is C11H18N2O3S. The molecule has 0 aliphatic rings. The van der Waals surface area contributed by atoms with Crippen LogP contribution in [0.4, 0.5) is 5.69 Å². The maximum atomic E-state index is 12.0. The van der Waals surface area contributed by atoms with Crippen molar-refractivity contribution >= 4 is 15.7 Å². The van der Waals surface area contributed by atoms with Gasteiger partial charge >= 0.3 is 0 Å². The Kier molecular flexibility index (Phi) is 3.81. The topological polar surface area (TPSA) is 92.4 Å². The SMILES string of the molecule is Cc1cc(N)cc(S(=O)(=O)NC(C)(C)CO)c1. The fourth-order valence-corrected chi connectivity index (χ4v) is 2.93. The zero-order valence-electron chi connectivity index (χ0n) is 10.2. The van der Waals surface area contributed by atoms with Crippen molar-refractivity contribution in [1.29, 1.82) is 0 Å². The summed E-state index contributed by atoms with van der Waals surface area (Å²) in [7, 11) is -3.67. The first-order valence-electron chi connectivity index (χ1n) is 5.18. The number of aryl methyl sites for hydroxylation is 1. The number of aliphatic hydroxyl groups excluding tert-OH is 1. The summed E-state index contributed by atoms with van der Waals surface area (Å²) in [4.78, 5) is 0.108. The molecule has 96 valence electrons. The second kappa shape index (κ2) is 4.64. The highest BCUT2D eigenvalue weighted by Gasteiger charge is 2.25. The van der Waals surface area contributed by atoms with E-state index in [2.05, 4.69) is 4.72 Å². The number of hydrogen-bond donors (Lipinski definition) is 3. The van der Waals surface area contributed by atoms with E-state index in [-0.39, 0.29) is 11.5 Å². The van der Waals surface area contributed by atoms with Crippen LogP contribution in [0.25, 0.3) is 0 Å². The molecule has 0 saturated heterocycles. The number of anilines is 1. The Labute approximate surface area is 102 Å². The first-order chi connectivity index (χ1) is 7.66. The van der Waals surface area contributed by atoms with E-state index in [0.717, 1.165) is 5.56 Å². The van der Waals surface area contributed by atoms with Gasteiger partial charge in [-0.3, -0.25) is 0 Å². The molecule has 1 aromatic carbocycles. The van der Waals surface area contributed by atoms with E-state index in [1.807, 2.05) is 0 Å². The normalized spacial score (nSPS) is 12.7. The van der Waals surface area contributed by atoms with Crippen molar-refractivity contribution in [3.8, 4) is 0 Å². The van der Waals surface area contributed by atoms with Crippen LogP contribution in [0.5, 0.6) is 0 Å². The van der Waals surface area contributed by atoms with Gasteiger partial charge in [-0.2, -0.15) is 0 Å². The molecule has 0 bridgehead atoms. The molecule has 0 radical (unpaired) electrons. The predicted molar refractivity (Wildman–Crippen MR) is 67.1 cm³/mol. The van der Waals surface area contributed by atoms with Gasteiger partial charge in [-0.05, 0) is 44.5 Å². The zero-order valence-corrected chi connectivity index (χ0v) is 11.0. The maximum absolute atomic E-state index is 12.0. The quantitative estimate of drug-likeness (QED) is 0.690. The molecule has 0 fully saturated rings. The molecule has 0 amide bonds. The van der Waals surface area contributed by atoms with E-state index < -0.39 is 15.6 Å². The van der Waals surface area contributed by atoms with E-state index in [4.69, 9.17) is 10.8 Å². The minimum absolute atomic E-state index is 0.108. The summed E-state index contributed by atoms with van der Waals surface area (Å²) >= 11 is 0. The van der Waals surface area contributed by atoms with Crippen molar-refractivity contribution in [3.63, 3.8) is 0 Å². The molecule has 4 N–H and O–H groups in total. The number of nitrogen functional groups attached to an aromatic ring is 1. The third-order valence-electron chi connectivity index (χ3n) is 2.19. The molecule has 0 saturated carbocycles. The van der Waals surface area contributed by atoms with Crippen LogP contribution in [0.1, 0.15) is 19.4 Å². The van der Waals surface area contributed by atoms with Crippen LogP contribution in [0, 0.1) is 6.92 Å². The highest BCUT2D eigenvalue weighted by atomic mass is 32.2. The number of sulfonamides is 1. The molecule has 0 aliphatic carbocycles. The van der Waals surface area contributed by atoms with Crippen LogP contribution >= 0.6 is 0 Å². The second-order valence-electron chi connectivity index (χ2n) is 4.73. The molecule has 0 atom stereocenters. The molecule has 0 aliphatic heterocycles. The first kappa shape index (κ1) is 14.0. The van der Waals surface area contributed by atoms with Crippen LogP contribution in [0.2, 0.25) is 0 Å². The smallest absolute Gasteiger partial charge is 0.241 e. The lowest BCUT2D eigenvalue weighted by Crippen LogP contribution is -2.46. The predicted octanol–water partition coefficient (Wildman–Crippen LogP) is 0.626. The average molecular weight is 258 g/mol. The summed E-state index contributed by atoms with van der Waals surface area (Å²) in [5.74, 6) is 0. The van der Waals surface area contributed by atoms with Crippen LogP contribution in [0.3, 0.4) is 0 Å². The van der Waals surface area contributed by atoms with Gasteiger partial charge in [0.25, 0.3) is 0 Å². The Bertz CT molecular complexity index is 489. The Morgan fingerprint density at radius 2 is 1.94 bits per heavy atom. The van der Waals surface area contributed by atoms with Crippen molar-refractivity contribution in [1.82, 2.24) is 4.72 Å². The molecule has 0 aromatic heterocycles. The molecule has 0 heterocycles. The van der Waals surface area contributed by atoms with Gasteiger partial charge in [0.1, 0.15) is 0 Å². The van der Waals surface area contributed by atoms with Gasteiger partial charge < -0.3 is 10.8 Å². The van der Waals surface area contributed by atoms with Crippen LogP contribution in [0.15, 0.2) is 23.1 Å². The minimum atomic E-state index is -3.67. The summed E-state index contributed by atoms with van der Waals surface area (Å²) in [5, 5.41) is 9.06. The number of nitrogens with one attached hydrogen (secondary N) is 1. The number of rotatable bonds is 4. The van der Waals surface area contributed by atoms with Gasteiger partial charge in [0, 0.05) is 5.69 Å². The van der Waals surface area contributed by atoms with Gasteiger partial charge in [-0.15, -0.1) is 0 Å². The van der Waals surface area contributed by atoms with E-state index in [1.54, 1.807) is 26.8 Å². The highest BCUT2D eigenvalue weighted by Crippen LogP contribution is 2.18.